The van der Waals surface area contributed by atoms with E-state index in [1.54, 1.807) is 0 Å². The van der Waals surface area contributed by atoms with Crippen molar-refractivity contribution in [1.82, 2.24) is 10.2 Å². The number of ether oxygens (including phenoxy) is 1. The van der Waals surface area contributed by atoms with Crippen LogP contribution < -0.4 is 5.32 Å². The summed E-state index contributed by atoms with van der Waals surface area (Å²) >= 11 is 0. The third-order valence-corrected chi connectivity index (χ3v) is 4.78. The molecule has 1 N–H and O–H groups in total. The summed E-state index contributed by atoms with van der Waals surface area (Å²) in [5.74, 6) is 1.45. The van der Waals surface area contributed by atoms with E-state index in [0.29, 0.717) is 5.92 Å². The van der Waals surface area contributed by atoms with E-state index in [2.05, 4.69) is 5.32 Å². The van der Waals surface area contributed by atoms with Crippen LogP contribution in [0.3, 0.4) is 0 Å². The molecule has 128 valence electrons. The second-order valence-electron chi connectivity index (χ2n) is 8.10. The Hall–Kier alpha value is -0.770. The highest BCUT2D eigenvalue weighted by atomic mass is 16.6. The van der Waals surface area contributed by atoms with Crippen LogP contribution in [0.1, 0.15) is 65.7 Å². The molecule has 0 radical (unpaired) electrons. The number of nitrogens with one attached hydrogen (secondary N) is 1. The summed E-state index contributed by atoms with van der Waals surface area (Å²) < 4.78 is 5.45. The minimum Gasteiger partial charge on any atom is -0.444 e. The summed E-state index contributed by atoms with van der Waals surface area (Å²) in [6.45, 7) is 9.64. The van der Waals surface area contributed by atoms with Crippen LogP contribution in [0.25, 0.3) is 0 Å². The highest BCUT2D eigenvalue weighted by molar-refractivity contribution is 5.68. The largest absolute Gasteiger partial charge is 0.444 e. The molecule has 1 saturated heterocycles. The average Bonchev–Trinajstić information content (AvgIpc) is 2.74. The number of likely N-dealkylation sites (tertiary alicyclic amines) is 1. The summed E-state index contributed by atoms with van der Waals surface area (Å²) in [6, 6.07) is 0. The first-order valence-electron chi connectivity index (χ1n) is 9.13. The first kappa shape index (κ1) is 17.6. The maximum absolute atomic E-state index is 12.0. The molecule has 0 bridgehead atoms. The summed E-state index contributed by atoms with van der Waals surface area (Å²) in [5, 5.41) is 3.65. The van der Waals surface area contributed by atoms with Crippen molar-refractivity contribution in [2.24, 2.45) is 11.8 Å². The number of amides is 1. The number of nitrogens with zero attached hydrogens (tertiary/aromatic N) is 1. The topological polar surface area (TPSA) is 41.6 Å². The fraction of sp³-hybridized carbons (Fsp3) is 0.944. The summed E-state index contributed by atoms with van der Waals surface area (Å²) in [7, 11) is 0. The van der Waals surface area contributed by atoms with Crippen molar-refractivity contribution in [3.63, 3.8) is 0 Å². The molecule has 0 aromatic heterocycles. The third-order valence-electron chi connectivity index (χ3n) is 4.78. The average molecular weight is 310 g/mol. The molecule has 2 rings (SSSR count). The number of rotatable bonds is 4. The predicted octanol–water partition coefficient (Wildman–Crippen LogP) is 3.80. The number of carbonyl (C=O) groups excluding carboxylic acids is 1. The minimum atomic E-state index is -0.396. The number of hydrogen-bond acceptors (Lipinski definition) is 3. The molecule has 1 saturated carbocycles. The van der Waals surface area contributed by atoms with E-state index in [4.69, 9.17) is 4.74 Å². The molecule has 1 aliphatic heterocycles. The molecule has 4 nitrogen and oxygen atoms in total. The van der Waals surface area contributed by atoms with Gasteiger partial charge in [-0.15, -0.1) is 0 Å². The fourth-order valence-corrected chi connectivity index (χ4v) is 3.55. The monoisotopic (exact) mass is 310 g/mol. The van der Waals surface area contributed by atoms with Crippen LogP contribution in [0.5, 0.6) is 0 Å². The molecule has 1 unspecified atom stereocenters. The molecule has 1 amide bonds. The van der Waals surface area contributed by atoms with Gasteiger partial charge in [0, 0.05) is 13.1 Å². The van der Waals surface area contributed by atoms with Gasteiger partial charge in [0.05, 0.1) is 0 Å². The fourth-order valence-electron chi connectivity index (χ4n) is 3.55. The molecule has 2 fully saturated rings. The maximum Gasteiger partial charge on any atom is 0.410 e. The molecular formula is C18H34N2O2. The van der Waals surface area contributed by atoms with Crippen molar-refractivity contribution in [3.05, 3.63) is 0 Å². The van der Waals surface area contributed by atoms with Gasteiger partial charge >= 0.3 is 6.09 Å². The summed E-state index contributed by atoms with van der Waals surface area (Å²) in [4.78, 5) is 13.9. The van der Waals surface area contributed by atoms with Gasteiger partial charge in [-0.05, 0) is 65.0 Å². The van der Waals surface area contributed by atoms with Gasteiger partial charge in [-0.1, -0.05) is 25.7 Å². The quantitative estimate of drug-likeness (QED) is 0.803. The molecule has 22 heavy (non-hydrogen) atoms. The number of carbonyl (C=O) groups is 1. The first-order valence-corrected chi connectivity index (χ1v) is 9.13. The lowest BCUT2D eigenvalue weighted by atomic mass is 10.00. The van der Waals surface area contributed by atoms with Gasteiger partial charge in [0.1, 0.15) is 5.60 Å². The second-order valence-corrected chi connectivity index (χ2v) is 8.10. The van der Waals surface area contributed by atoms with Crippen molar-refractivity contribution in [3.8, 4) is 0 Å². The lowest BCUT2D eigenvalue weighted by molar-refractivity contribution is 0.0288. The molecule has 0 spiro atoms. The van der Waals surface area contributed by atoms with E-state index in [9.17, 15) is 4.79 Å². The van der Waals surface area contributed by atoms with Gasteiger partial charge in [-0.3, -0.25) is 0 Å². The highest BCUT2D eigenvalue weighted by Gasteiger charge is 2.29. The van der Waals surface area contributed by atoms with Crippen molar-refractivity contribution in [2.75, 3.05) is 26.2 Å². The zero-order chi connectivity index (χ0) is 16.0. The normalized spacial score (nSPS) is 24.3. The highest BCUT2D eigenvalue weighted by Crippen LogP contribution is 2.23. The lowest BCUT2D eigenvalue weighted by Gasteiger charge is -2.24. The number of hydrogen-bond donors (Lipinski definition) is 1. The Bertz CT molecular complexity index is 343. The standard InChI is InChI=1S/C18H34N2O2/c1-18(2,3)22-17(21)20-11-10-16(14-20)13-19-12-15-8-6-4-5-7-9-15/h15-16,19H,4-14H2,1-3H3. The van der Waals surface area contributed by atoms with E-state index < -0.39 is 5.60 Å². The Balaban J connectivity index is 1.62. The van der Waals surface area contributed by atoms with Crippen molar-refractivity contribution in [1.29, 1.82) is 0 Å². The SMILES string of the molecule is CC(C)(C)OC(=O)N1CCC(CNCC2CCCCCC2)C1. The summed E-state index contributed by atoms with van der Waals surface area (Å²) in [5.41, 5.74) is -0.396. The van der Waals surface area contributed by atoms with Crippen molar-refractivity contribution in [2.45, 2.75) is 71.3 Å². The van der Waals surface area contributed by atoms with Crippen LogP contribution in [0.15, 0.2) is 0 Å². The van der Waals surface area contributed by atoms with Gasteiger partial charge in [0.2, 0.25) is 0 Å². The maximum atomic E-state index is 12.0. The van der Waals surface area contributed by atoms with E-state index in [-0.39, 0.29) is 6.09 Å². The molecule has 0 aromatic rings. The smallest absolute Gasteiger partial charge is 0.410 e. The third kappa shape index (κ3) is 6.15. The molecule has 1 heterocycles. The van der Waals surface area contributed by atoms with Crippen LogP contribution in [0, 0.1) is 11.8 Å². The minimum absolute atomic E-state index is 0.154. The zero-order valence-corrected chi connectivity index (χ0v) is 14.7. The van der Waals surface area contributed by atoms with Gasteiger partial charge in [0.15, 0.2) is 0 Å². The molecule has 1 aliphatic carbocycles. The Morgan fingerprint density at radius 3 is 2.32 bits per heavy atom. The molecule has 4 heteroatoms. The summed E-state index contributed by atoms with van der Waals surface area (Å²) in [6.07, 6.45) is 9.37. The van der Waals surface area contributed by atoms with Crippen molar-refractivity contribution >= 4 is 6.09 Å². The molecule has 1 atom stereocenters. The lowest BCUT2D eigenvalue weighted by Crippen LogP contribution is -2.36. The molecule has 0 aromatic carbocycles. The van der Waals surface area contributed by atoms with Gasteiger partial charge in [-0.2, -0.15) is 0 Å². The van der Waals surface area contributed by atoms with Crippen LogP contribution in [0.4, 0.5) is 4.79 Å². The van der Waals surface area contributed by atoms with Crippen LogP contribution >= 0.6 is 0 Å². The molecule has 2 aliphatic rings. The Labute approximate surface area is 136 Å². The first-order chi connectivity index (χ1) is 10.4. The van der Waals surface area contributed by atoms with Crippen LogP contribution in [-0.4, -0.2) is 42.8 Å². The van der Waals surface area contributed by atoms with E-state index >= 15 is 0 Å². The Kier molecular flexibility index (Phi) is 6.54. The second kappa shape index (κ2) is 8.19. The Morgan fingerprint density at radius 2 is 1.68 bits per heavy atom. The van der Waals surface area contributed by atoms with E-state index in [0.717, 1.165) is 38.5 Å². The zero-order valence-electron chi connectivity index (χ0n) is 14.7. The van der Waals surface area contributed by atoms with E-state index in [1.807, 2.05) is 25.7 Å². The van der Waals surface area contributed by atoms with Gasteiger partial charge in [-0.25, -0.2) is 4.79 Å². The van der Waals surface area contributed by atoms with Crippen LogP contribution in [-0.2, 0) is 4.74 Å². The van der Waals surface area contributed by atoms with E-state index in [1.165, 1.54) is 38.5 Å². The Morgan fingerprint density at radius 1 is 1.05 bits per heavy atom. The molecular weight excluding hydrogens is 276 g/mol. The van der Waals surface area contributed by atoms with Crippen LogP contribution in [0.2, 0.25) is 0 Å². The van der Waals surface area contributed by atoms with Gasteiger partial charge in [0.25, 0.3) is 0 Å². The van der Waals surface area contributed by atoms with Crippen molar-refractivity contribution < 1.29 is 9.53 Å². The van der Waals surface area contributed by atoms with Gasteiger partial charge < -0.3 is 15.0 Å². The predicted molar refractivity (Wildman–Crippen MR) is 90.0 cm³/mol.